The van der Waals surface area contributed by atoms with Crippen molar-refractivity contribution in [1.82, 2.24) is 20.5 Å². The largest absolute Gasteiger partial charge is 0.383 e. The Morgan fingerprint density at radius 2 is 2.03 bits per heavy atom. The fraction of sp³-hybridized carbons (Fsp3) is 0.0870. The number of aromatic nitrogens is 3. The lowest BCUT2D eigenvalue weighted by Gasteiger charge is -2.06. The Hall–Kier alpha value is -3.89. The summed E-state index contributed by atoms with van der Waals surface area (Å²) in [6, 6.07) is 9.38. The number of hydrogen-bond donors (Lipinski definition) is 3. The molecule has 0 fully saturated rings. The van der Waals surface area contributed by atoms with E-state index in [2.05, 4.69) is 32.3 Å². The summed E-state index contributed by atoms with van der Waals surface area (Å²) in [5, 5.41) is 13.7. The Labute approximate surface area is 178 Å². The first-order valence-electron chi connectivity index (χ1n) is 9.27. The van der Waals surface area contributed by atoms with Crippen LogP contribution in [0.3, 0.4) is 0 Å². The molecule has 0 unspecified atom stereocenters. The van der Waals surface area contributed by atoms with Gasteiger partial charge in [-0.25, -0.2) is 4.98 Å². The molecule has 0 aliphatic heterocycles. The maximum Gasteiger partial charge on any atom is 0.251 e. The van der Waals surface area contributed by atoms with Crippen LogP contribution >= 0.6 is 11.3 Å². The SMILES string of the molecule is Cc1ccc(C(=O)NCc2ccsc2)cc1C#Cc1cc(-c2cn[nH]c2)cnc1N. The van der Waals surface area contributed by atoms with Crippen molar-refractivity contribution in [3.8, 4) is 23.0 Å². The zero-order valence-electron chi connectivity index (χ0n) is 16.3. The first kappa shape index (κ1) is 19.4. The van der Waals surface area contributed by atoms with Crippen LogP contribution < -0.4 is 11.1 Å². The normalized spacial score (nSPS) is 10.3. The first-order valence-corrected chi connectivity index (χ1v) is 10.2. The number of rotatable bonds is 4. The van der Waals surface area contributed by atoms with Gasteiger partial charge in [-0.3, -0.25) is 9.89 Å². The molecule has 1 amide bonds. The van der Waals surface area contributed by atoms with Crippen LogP contribution in [0.25, 0.3) is 11.1 Å². The molecule has 1 aromatic carbocycles. The number of nitrogens with two attached hydrogens (primary N) is 1. The Bertz CT molecular complexity index is 1230. The summed E-state index contributed by atoms with van der Waals surface area (Å²) in [5.74, 6) is 6.46. The second-order valence-electron chi connectivity index (χ2n) is 6.74. The van der Waals surface area contributed by atoms with Gasteiger partial charge in [0.1, 0.15) is 5.82 Å². The number of hydrogen-bond acceptors (Lipinski definition) is 5. The van der Waals surface area contributed by atoms with E-state index in [9.17, 15) is 4.79 Å². The van der Waals surface area contributed by atoms with Gasteiger partial charge in [-0.15, -0.1) is 0 Å². The number of anilines is 1. The van der Waals surface area contributed by atoms with Gasteiger partial charge in [0.15, 0.2) is 0 Å². The summed E-state index contributed by atoms with van der Waals surface area (Å²) in [7, 11) is 0. The fourth-order valence-electron chi connectivity index (χ4n) is 2.85. The molecule has 0 bridgehead atoms. The summed E-state index contributed by atoms with van der Waals surface area (Å²) in [5.41, 5.74) is 11.8. The van der Waals surface area contributed by atoms with E-state index in [4.69, 9.17) is 5.73 Å². The quantitative estimate of drug-likeness (QED) is 0.444. The van der Waals surface area contributed by atoms with Gasteiger partial charge in [0.25, 0.3) is 5.91 Å². The van der Waals surface area contributed by atoms with Crippen LogP contribution in [0.1, 0.15) is 32.6 Å². The Morgan fingerprint density at radius 1 is 1.17 bits per heavy atom. The van der Waals surface area contributed by atoms with Crippen LogP contribution in [0.15, 0.2) is 59.7 Å². The smallest absolute Gasteiger partial charge is 0.251 e. The molecule has 3 heterocycles. The van der Waals surface area contributed by atoms with Crippen LogP contribution in [0, 0.1) is 18.8 Å². The molecule has 0 radical (unpaired) electrons. The summed E-state index contributed by atoms with van der Waals surface area (Å²) < 4.78 is 0. The molecule has 0 aliphatic rings. The van der Waals surface area contributed by atoms with E-state index >= 15 is 0 Å². The molecular formula is C23H19N5OS. The zero-order valence-corrected chi connectivity index (χ0v) is 17.1. The monoisotopic (exact) mass is 413 g/mol. The van der Waals surface area contributed by atoms with Crippen molar-refractivity contribution in [2.24, 2.45) is 0 Å². The highest BCUT2D eigenvalue weighted by Gasteiger charge is 2.08. The molecule has 4 rings (SSSR count). The van der Waals surface area contributed by atoms with Crippen LogP contribution in [-0.4, -0.2) is 21.1 Å². The van der Waals surface area contributed by atoms with Gasteiger partial charge in [0.2, 0.25) is 0 Å². The van der Waals surface area contributed by atoms with Gasteiger partial charge in [0.05, 0.1) is 11.8 Å². The van der Waals surface area contributed by atoms with Crippen LogP contribution in [0.2, 0.25) is 0 Å². The van der Waals surface area contributed by atoms with Crippen molar-refractivity contribution in [2.75, 3.05) is 5.73 Å². The molecule has 3 aromatic heterocycles. The third-order valence-electron chi connectivity index (χ3n) is 4.61. The number of thiophene rings is 1. The minimum atomic E-state index is -0.132. The molecule has 7 heteroatoms. The number of nitrogens with one attached hydrogen (secondary N) is 2. The average molecular weight is 414 g/mol. The van der Waals surface area contributed by atoms with E-state index in [1.165, 1.54) is 0 Å². The molecule has 4 N–H and O–H groups in total. The molecule has 6 nitrogen and oxygen atoms in total. The van der Waals surface area contributed by atoms with Gasteiger partial charge in [-0.2, -0.15) is 16.4 Å². The standard InChI is InChI=1S/C23H19N5OS/c1-15-2-3-19(23(29)26-10-16-6-7-30-14-16)8-17(15)4-5-18-9-20(11-25-22(18)24)21-12-27-28-13-21/h2-3,6-9,11-14H,10H2,1H3,(H2,24,25)(H,26,29)(H,27,28). The van der Waals surface area contributed by atoms with Gasteiger partial charge < -0.3 is 11.1 Å². The van der Waals surface area contributed by atoms with Crippen molar-refractivity contribution in [3.63, 3.8) is 0 Å². The Morgan fingerprint density at radius 3 is 2.80 bits per heavy atom. The van der Waals surface area contributed by atoms with E-state index in [-0.39, 0.29) is 5.91 Å². The minimum Gasteiger partial charge on any atom is -0.383 e. The summed E-state index contributed by atoms with van der Waals surface area (Å²) >= 11 is 1.61. The fourth-order valence-corrected chi connectivity index (χ4v) is 3.52. The zero-order chi connectivity index (χ0) is 20.9. The minimum absolute atomic E-state index is 0.132. The van der Waals surface area contributed by atoms with E-state index < -0.39 is 0 Å². The van der Waals surface area contributed by atoms with Gasteiger partial charge in [0, 0.05) is 41.2 Å². The third-order valence-corrected chi connectivity index (χ3v) is 5.35. The average Bonchev–Trinajstić information content (AvgIpc) is 3.46. The number of benzene rings is 1. The summed E-state index contributed by atoms with van der Waals surface area (Å²) in [6.07, 6.45) is 5.19. The topological polar surface area (TPSA) is 96.7 Å². The van der Waals surface area contributed by atoms with Gasteiger partial charge >= 0.3 is 0 Å². The maximum atomic E-state index is 12.5. The number of aryl methyl sites for hydroxylation is 1. The third kappa shape index (κ3) is 4.40. The molecule has 30 heavy (non-hydrogen) atoms. The van der Waals surface area contributed by atoms with Crippen LogP contribution in [0.5, 0.6) is 0 Å². The van der Waals surface area contributed by atoms with Crippen LogP contribution in [-0.2, 0) is 6.54 Å². The van der Waals surface area contributed by atoms with Crippen molar-refractivity contribution < 1.29 is 4.79 Å². The predicted octanol–water partition coefficient (Wildman–Crippen LogP) is 3.75. The van der Waals surface area contributed by atoms with Crippen LogP contribution in [0.4, 0.5) is 5.82 Å². The second-order valence-corrected chi connectivity index (χ2v) is 7.52. The molecular weight excluding hydrogens is 394 g/mol. The highest BCUT2D eigenvalue weighted by atomic mass is 32.1. The van der Waals surface area contributed by atoms with Gasteiger partial charge in [-0.1, -0.05) is 17.9 Å². The first-order chi connectivity index (χ1) is 14.6. The number of carbonyl (C=O) groups excluding carboxylic acids is 1. The van der Waals surface area contributed by atoms with E-state index in [1.54, 1.807) is 42.1 Å². The van der Waals surface area contributed by atoms with E-state index in [0.29, 0.717) is 23.5 Å². The lowest BCUT2D eigenvalue weighted by atomic mass is 10.0. The summed E-state index contributed by atoms with van der Waals surface area (Å²) in [6.45, 7) is 2.46. The molecule has 0 aliphatic carbocycles. The number of H-pyrrole nitrogens is 1. The van der Waals surface area contributed by atoms with Gasteiger partial charge in [-0.05, 0) is 53.1 Å². The van der Waals surface area contributed by atoms with E-state index in [0.717, 1.165) is 27.8 Å². The predicted molar refractivity (Wildman–Crippen MR) is 119 cm³/mol. The highest BCUT2D eigenvalue weighted by molar-refractivity contribution is 7.07. The maximum absolute atomic E-state index is 12.5. The molecule has 0 atom stereocenters. The highest BCUT2D eigenvalue weighted by Crippen LogP contribution is 2.20. The Balaban J connectivity index is 1.57. The second kappa shape index (κ2) is 8.64. The number of pyridine rings is 1. The number of nitrogen functional groups attached to an aromatic ring is 1. The lowest BCUT2D eigenvalue weighted by Crippen LogP contribution is -2.22. The van der Waals surface area contributed by atoms with Crippen molar-refractivity contribution in [3.05, 3.63) is 87.5 Å². The van der Waals surface area contributed by atoms with Crippen molar-refractivity contribution in [1.29, 1.82) is 0 Å². The summed E-state index contributed by atoms with van der Waals surface area (Å²) in [4.78, 5) is 16.7. The molecule has 0 saturated carbocycles. The molecule has 4 aromatic rings. The molecule has 148 valence electrons. The number of aromatic amines is 1. The van der Waals surface area contributed by atoms with Crippen molar-refractivity contribution in [2.45, 2.75) is 13.5 Å². The number of amides is 1. The lowest BCUT2D eigenvalue weighted by molar-refractivity contribution is 0.0951. The number of carbonyl (C=O) groups is 1. The van der Waals surface area contributed by atoms with Crippen molar-refractivity contribution >= 4 is 23.1 Å². The molecule has 0 spiro atoms. The number of nitrogens with zero attached hydrogens (tertiary/aromatic N) is 2. The molecule has 0 saturated heterocycles. The van der Waals surface area contributed by atoms with E-state index in [1.807, 2.05) is 35.9 Å². The Kier molecular flexibility index (Phi) is 5.59.